The third kappa shape index (κ3) is 4.79. The molecule has 2 N–H and O–H groups in total. The molecule has 0 amide bonds. The van der Waals surface area contributed by atoms with Crippen LogP contribution in [0.2, 0.25) is 0 Å². The molecule has 0 saturated carbocycles. The monoisotopic (exact) mass is 374 g/mol. The van der Waals surface area contributed by atoms with Crippen LogP contribution in [0.5, 0.6) is 17.2 Å². The molecule has 0 aliphatic rings. The smallest absolute Gasteiger partial charge is 0.203 e. The molecular weight excluding hydrogens is 348 g/mol. The summed E-state index contributed by atoms with van der Waals surface area (Å²) in [6, 6.07) is 12.0. The maximum absolute atomic E-state index is 5.49. The van der Waals surface area contributed by atoms with Gasteiger partial charge in [0.2, 0.25) is 5.75 Å². The van der Waals surface area contributed by atoms with Crippen LogP contribution in [0.3, 0.4) is 0 Å². The molecule has 2 aromatic rings. The van der Waals surface area contributed by atoms with Crippen molar-refractivity contribution in [2.45, 2.75) is 26.3 Å². The zero-order valence-electron chi connectivity index (χ0n) is 15.9. The minimum Gasteiger partial charge on any atom is -0.493 e. The number of rotatable bonds is 7. The normalized spacial score (nSPS) is 10.4. The van der Waals surface area contributed by atoms with Crippen molar-refractivity contribution in [2.24, 2.45) is 0 Å². The third-order valence-corrected chi connectivity index (χ3v) is 4.31. The molecule has 0 heterocycles. The minimum atomic E-state index is 0.499. The van der Waals surface area contributed by atoms with Crippen molar-refractivity contribution in [2.75, 3.05) is 26.6 Å². The van der Waals surface area contributed by atoms with Crippen LogP contribution in [0.4, 0.5) is 5.69 Å². The molecule has 0 aromatic heterocycles. The van der Waals surface area contributed by atoms with E-state index < -0.39 is 0 Å². The molecule has 0 fully saturated rings. The van der Waals surface area contributed by atoms with Gasteiger partial charge < -0.3 is 24.8 Å². The molecule has 2 rings (SSSR count). The number of anilines is 1. The predicted molar refractivity (Wildman–Crippen MR) is 110 cm³/mol. The van der Waals surface area contributed by atoms with Crippen LogP contribution in [0, 0.1) is 0 Å². The zero-order valence-corrected chi connectivity index (χ0v) is 16.7. The second-order valence-electron chi connectivity index (χ2n) is 6.08. The molecule has 0 aliphatic carbocycles. The highest BCUT2D eigenvalue weighted by Crippen LogP contribution is 2.39. The van der Waals surface area contributed by atoms with E-state index in [0.29, 0.717) is 34.8 Å². The second-order valence-corrected chi connectivity index (χ2v) is 6.49. The van der Waals surface area contributed by atoms with E-state index in [1.165, 1.54) is 5.56 Å². The molecular formula is C20H26N2O3S. The summed E-state index contributed by atoms with van der Waals surface area (Å²) in [5.41, 5.74) is 3.17. The molecule has 0 saturated heterocycles. The number of benzene rings is 2. The van der Waals surface area contributed by atoms with Crippen LogP contribution < -0.4 is 24.8 Å². The molecule has 0 unspecified atom stereocenters. The molecule has 140 valence electrons. The van der Waals surface area contributed by atoms with Crippen molar-refractivity contribution in [1.82, 2.24) is 5.32 Å². The largest absolute Gasteiger partial charge is 0.493 e. The summed E-state index contributed by atoms with van der Waals surface area (Å²) in [6.07, 6.45) is 0. The lowest BCUT2D eigenvalue weighted by atomic mass is 10.0. The van der Waals surface area contributed by atoms with E-state index in [4.69, 9.17) is 26.4 Å². The molecule has 6 heteroatoms. The van der Waals surface area contributed by atoms with E-state index >= 15 is 0 Å². The molecule has 0 radical (unpaired) electrons. The van der Waals surface area contributed by atoms with Crippen LogP contribution in [-0.4, -0.2) is 26.4 Å². The van der Waals surface area contributed by atoms with Gasteiger partial charge in [0.05, 0.1) is 21.3 Å². The number of hydrogen-bond acceptors (Lipinski definition) is 4. The predicted octanol–water partition coefficient (Wildman–Crippen LogP) is 4.32. The Bertz CT molecular complexity index is 745. The summed E-state index contributed by atoms with van der Waals surface area (Å²) in [5, 5.41) is 6.92. The Kier molecular flexibility index (Phi) is 7.09. The van der Waals surface area contributed by atoms with Gasteiger partial charge in [-0.25, -0.2) is 0 Å². The van der Waals surface area contributed by atoms with E-state index in [1.807, 2.05) is 24.3 Å². The highest BCUT2D eigenvalue weighted by molar-refractivity contribution is 7.80. The first kappa shape index (κ1) is 19.8. The summed E-state index contributed by atoms with van der Waals surface area (Å²) >= 11 is 5.39. The lowest BCUT2D eigenvalue weighted by molar-refractivity contribution is 0.322. The van der Waals surface area contributed by atoms with E-state index in [1.54, 1.807) is 21.3 Å². The summed E-state index contributed by atoms with van der Waals surface area (Å²) in [5.74, 6) is 2.33. The van der Waals surface area contributed by atoms with Gasteiger partial charge in [-0.15, -0.1) is 0 Å². The Morgan fingerprint density at radius 2 is 1.58 bits per heavy atom. The molecule has 26 heavy (non-hydrogen) atoms. The molecule has 5 nitrogen and oxygen atoms in total. The molecule has 0 bridgehead atoms. The van der Waals surface area contributed by atoms with Crippen molar-refractivity contribution in [1.29, 1.82) is 0 Å². The zero-order chi connectivity index (χ0) is 19.1. The van der Waals surface area contributed by atoms with E-state index in [-0.39, 0.29) is 0 Å². The van der Waals surface area contributed by atoms with Gasteiger partial charge in [0.1, 0.15) is 0 Å². The number of nitrogens with one attached hydrogen (secondary N) is 2. The Morgan fingerprint density at radius 3 is 2.12 bits per heavy atom. The molecule has 0 atom stereocenters. The first-order chi connectivity index (χ1) is 12.5. The van der Waals surface area contributed by atoms with Crippen LogP contribution >= 0.6 is 12.2 Å². The van der Waals surface area contributed by atoms with Crippen LogP contribution in [-0.2, 0) is 6.54 Å². The Morgan fingerprint density at radius 1 is 0.923 bits per heavy atom. The second kappa shape index (κ2) is 9.29. The standard InChI is InChI=1S/C20H26N2O3S/c1-13(2)14-6-9-16(10-7-14)22-20(26)21-12-15-8-11-17(23-3)19(25-5)18(15)24-4/h6-11,13H,12H2,1-5H3,(H2,21,22,26). The Hall–Kier alpha value is -2.47. The highest BCUT2D eigenvalue weighted by atomic mass is 32.1. The van der Waals surface area contributed by atoms with Crippen LogP contribution in [0.25, 0.3) is 0 Å². The third-order valence-electron chi connectivity index (χ3n) is 4.06. The summed E-state index contributed by atoms with van der Waals surface area (Å²) < 4.78 is 16.2. The Balaban J connectivity index is 2.03. The van der Waals surface area contributed by atoms with Crippen LogP contribution in [0.15, 0.2) is 36.4 Å². The number of thiocarbonyl (C=S) groups is 1. The maximum atomic E-state index is 5.49. The average Bonchev–Trinajstić information content (AvgIpc) is 2.65. The van der Waals surface area contributed by atoms with Gasteiger partial charge in [-0.2, -0.15) is 0 Å². The minimum absolute atomic E-state index is 0.499. The lowest BCUT2D eigenvalue weighted by Gasteiger charge is -2.17. The summed E-state index contributed by atoms with van der Waals surface area (Å²) in [6.45, 7) is 4.84. The van der Waals surface area contributed by atoms with Gasteiger partial charge in [-0.05, 0) is 48.0 Å². The number of ether oxygens (including phenoxy) is 3. The van der Waals surface area contributed by atoms with Crippen molar-refractivity contribution >= 4 is 23.0 Å². The van der Waals surface area contributed by atoms with Gasteiger partial charge in [0, 0.05) is 17.8 Å². The van der Waals surface area contributed by atoms with Gasteiger partial charge in [-0.3, -0.25) is 0 Å². The quantitative estimate of drug-likeness (QED) is 0.704. The topological polar surface area (TPSA) is 51.8 Å². The van der Waals surface area contributed by atoms with E-state index in [9.17, 15) is 0 Å². The van der Waals surface area contributed by atoms with Gasteiger partial charge >= 0.3 is 0 Å². The number of methoxy groups -OCH3 is 3. The number of hydrogen-bond donors (Lipinski definition) is 2. The van der Waals surface area contributed by atoms with Crippen molar-refractivity contribution < 1.29 is 14.2 Å². The van der Waals surface area contributed by atoms with Gasteiger partial charge in [0.25, 0.3) is 0 Å². The fraction of sp³-hybridized carbons (Fsp3) is 0.350. The van der Waals surface area contributed by atoms with Crippen molar-refractivity contribution in [3.63, 3.8) is 0 Å². The lowest BCUT2D eigenvalue weighted by Crippen LogP contribution is -2.28. The van der Waals surface area contributed by atoms with Gasteiger partial charge in [-0.1, -0.05) is 26.0 Å². The van der Waals surface area contributed by atoms with E-state index in [0.717, 1.165) is 11.3 Å². The summed E-state index contributed by atoms with van der Waals surface area (Å²) in [4.78, 5) is 0. The van der Waals surface area contributed by atoms with Crippen molar-refractivity contribution in [3.8, 4) is 17.2 Å². The first-order valence-corrected chi connectivity index (χ1v) is 8.83. The SMILES string of the molecule is COc1ccc(CNC(=S)Nc2ccc(C(C)C)cc2)c(OC)c1OC. The fourth-order valence-corrected chi connectivity index (χ4v) is 2.79. The average molecular weight is 375 g/mol. The van der Waals surface area contributed by atoms with Gasteiger partial charge in [0.15, 0.2) is 16.6 Å². The first-order valence-electron chi connectivity index (χ1n) is 8.42. The summed E-state index contributed by atoms with van der Waals surface area (Å²) in [7, 11) is 4.79. The van der Waals surface area contributed by atoms with Crippen LogP contribution in [0.1, 0.15) is 30.9 Å². The maximum Gasteiger partial charge on any atom is 0.203 e. The molecule has 0 aliphatic heterocycles. The molecule has 2 aromatic carbocycles. The Labute approximate surface area is 160 Å². The van der Waals surface area contributed by atoms with Crippen molar-refractivity contribution in [3.05, 3.63) is 47.5 Å². The van der Waals surface area contributed by atoms with E-state index in [2.05, 4.69) is 36.6 Å². The molecule has 0 spiro atoms. The highest BCUT2D eigenvalue weighted by Gasteiger charge is 2.15. The fourth-order valence-electron chi connectivity index (χ4n) is 2.60.